The van der Waals surface area contributed by atoms with Crippen molar-refractivity contribution in [2.75, 3.05) is 33.8 Å². The summed E-state index contributed by atoms with van der Waals surface area (Å²) in [5.41, 5.74) is 11.8. The normalized spacial score (nSPS) is 16.8. The Morgan fingerprint density at radius 1 is 0.746 bits per heavy atom. The quantitative estimate of drug-likeness (QED) is 0.0497. The van der Waals surface area contributed by atoms with Gasteiger partial charge in [0.1, 0.15) is 35.7 Å². The number of benzene rings is 2. The maximum Gasteiger partial charge on any atom is 0.257 e. The van der Waals surface area contributed by atoms with Gasteiger partial charge in [0, 0.05) is 38.1 Å². The Labute approximate surface area is 392 Å². The molecule has 0 saturated heterocycles. The molecule has 0 unspecified atom stereocenters. The van der Waals surface area contributed by atoms with Gasteiger partial charge in [0.15, 0.2) is 6.17 Å². The number of aliphatic hydroxyl groups excluding tert-OH is 1. The van der Waals surface area contributed by atoms with Crippen molar-refractivity contribution in [1.82, 2.24) is 36.4 Å². The molecular formula is C47H71N9O11. The number of primary amides is 1. The molecule has 0 saturated carbocycles. The van der Waals surface area contributed by atoms with E-state index in [1.807, 2.05) is 0 Å². The molecule has 1 aliphatic heterocycles. The van der Waals surface area contributed by atoms with Gasteiger partial charge < -0.3 is 63.2 Å². The fraction of sp³-hybridized carbons (Fsp3) is 0.574. The second-order valence-corrected chi connectivity index (χ2v) is 17.1. The van der Waals surface area contributed by atoms with Crippen LogP contribution in [0, 0.1) is 0 Å². The van der Waals surface area contributed by atoms with E-state index in [0.717, 1.165) is 35.5 Å². The van der Waals surface area contributed by atoms with E-state index in [1.54, 1.807) is 0 Å². The van der Waals surface area contributed by atoms with Gasteiger partial charge in [-0.1, -0.05) is 96.1 Å². The van der Waals surface area contributed by atoms with Crippen LogP contribution in [-0.2, 0) is 44.8 Å². The minimum Gasteiger partial charge on any atom is -0.507 e. The first-order valence-corrected chi connectivity index (χ1v) is 23.2. The summed E-state index contributed by atoms with van der Waals surface area (Å²) < 4.78 is 0. The Balaban J connectivity index is 1.64. The minimum absolute atomic E-state index is 0.0440. The molecule has 2 aromatic rings. The summed E-state index contributed by atoms with van der Waals surface area (Å²) in [5, 5.41) is 43.8. The third-order valence-corrected chi connectivity index (χ3v) is 11.8. The highest BCUT2D eigenvalue weighted by Gasteiger charge is 2.34. The monoisotopic (exact) mass is 938 g/mol. The third-order valence-electron chi connectivity index (χ3n) is 11.8. The minimum atomic E-state index is -1.72. The van der Waals surface area contributed by atoms with Crippen molar-refractivity contribution < 1.29 is 53.7 Å². The van der Waals surface area contributed by atoms with E-state index in [0.29, 0.717) is 12.0 Å². The highest BCUT2D eigenvalue weighted by atomic mass is 16.3. The summed E-state index contributed by atoms with van der Waals surface area (Å²) in [7, 11) is 2.62. The van der Waals surface area contributed by atoms with Crippen LogP contribution in [0.1, 0.15) is 121 Å². The molecule has 4 bridgehead atoms. The number of nitrogens with two attached hydrogens (primary N) is 2. The molecule has 370 valence electrons. The van der Waals surface area contributed by atoms with Crippen molar-refractivity contribution >= 4 is 47.3 Å². The molecule has 0 fully saturated rings. The summed E-state index contributed by atoms with van der Waals surface area (Å²) in [6.07, 6.45) is 13.2. The maximum absolute atomic E-state index is 14.0. The van der Waals surface area contributed by atoms with Crippen LogP contribution in [0.25, 0.3) is 11.1 Å². The molecule has 1 heterocycles. The number of likely N-dealkylation sites (N-methyl/N-ethyl adjacent to an activating group) is 2. The number of nitrogens with zero attached hydrogens (tertiary/aromatic N) is 2. The van der Waals surface area contributed by atoms with Gasteiger partial charge in [0.25, 0.3) is 5.91 Å². The molecule has 0 aromatic heterocycles. The van der Waals surface area contributed by atoms with Gasteiger partial charge in [-0.05, 0) is 48.7 Å². The first kappa shape index (κ1) is 55.1. The first-order valence-electron chi connectivity index (χ1n) is 23.2. The van der Waals surface area contributed by atoms with Crippen LogP contribution in [0.5, 0.6) is 11.5 Å². The fourth-order valence-electron chi connectivity index (χ4n) is 7.70. The van der Waals surface area contributed by atoms with Crippen molar-refractivity contribution in [2.45, 2.75) is 140 Å². The average molecular weight is 938 g/mol. The molecule has 1 aliphatic rings. The summed E-state index contributed by atoms with van der Waals surface area (Å²) in [6, 6.07) is 2.77. The molecule has 20 nitrogen and oxygen atoms in total. The van der Waals surface area contributed by atoms with Crippen LogP contribution >= 0.6 is 0 Å². The van der Waals surface area contributed by atoms with Crippen molar-refractivity contribution in [3.05, 3.63) is 47.5 Å². The molecule has 0 spiro atoms. The number of hydrogen-bond donors (Lipinski definition) is 10. The smallest absolute Gasteiger partial charge is 0.257 e. The van der Waals surface area contributed by atoms with Crippen LogP contribution in [0.3, 0.4) is 0 Å². The van der Waals surface area contributed by atoms with E-state index in [4.69, 9.17) is 11.5 Å². The van der Waals surface area contributed by atoms with E-state index in [2.05, 4.69) is 33.5 Å². The Hall–Kier alpha value is -6.28. The number of phenolic OH excluding ortho intramolecular Hbond substituents is 2. The standard InChI is InChI=1S/C47H71N9O11/c1-5-6-7-8-9-10-11-12-13-14-15-16-17-18-39(61)55(3)35(28-57)45(65)54-42(49)47(67)51-27-40(62)56(4)41-31-20-22-37(59)33(25-31)32-23-30(19-21-36(32)58)24-34(44(64)50-26-38(48)60)53-43(63)29(2)52-46(41)66/h19-23,25,29,34-35,41-42,57-59H,5-18,24,26-28,49H2,1-4H3,(H2,48,60)(H,50,64)(H,51,67)(H,52,66)(H,53,63)(H,54,65)/t29-,34-,35+,41-,42-/m0/s1. The number of phenols is 2. The lowest BCUT2D eigenvalue weighted by Gasteiger charge is -2.30. The topological polar surface area (TPSA) is 316 Å². The van der Waals surface area contributed by atoms with Crippen molar-refractivity contribution in [1.29, 1.82) is 0 Å². The molecule has 0 radical (unpaired) electrons. The number of carbonyl (C=O) groups is 8. The van der Waals surface area contributed by atoms with Crippen LogP contribution in [0.2, 0.25) is 0 Å². The van der Waals surface area contributed by atoms with Gasteiger partial charge >= 0.3 is 0 Å². The van der Waals surface area contributed by atoms with Crippen LogP contribution in [-0.4, -0.2) is 130 Å². The van der Waals surface area contributed by atoms with E-state index < -0.39 is 91.4 Å². The molecule has 2 aromatic carbocycles. The van der Waals surface area contributed by atoms with Gasteiger partial charge in [-0.2, -0.15) is 0 Å². The van der Waals surface area contributed by atoms with Gasteiger partial charge in [0.2, 0.25) is 41.4 Å². The zero-order valence-corrected chi connectivity index (χ0v) is 39.2. The third kappa shape index (κ3) is 17.5. The highest BCUT2D eigenvalue weighted by Crippen LogP contribution is 2.38. The number of fused-ring (bicyclic) bond motifs is 5. The molecule has 0 aliphatic carbocycles. The lowest BCUT2D eigenvalue weighted by Crippen LogP contribution is -2.59. The SMILES string of the molecule is CCCCCCCCCCCCCCCC(=O)N(C)[C@H](CO)C(=O)N[C@H](N)C(=O)NCC(=O)N(C)[C@@H]1C(=O)N[C@@H](C)C(=O)N[C@H](C(=O)NCC(N)=O)Cc2ccc(O)c(c2)-c2cc1ccc2O. The van der Waals surface area contributed by atoms with Gasteiger partial charge in [0.05, 0.1) is 19.7 Å². The lowest BCUT2D eigenvalue weighted by atomic mass is 9.93. The van der Waals surface area contributed by atoms with E-state index in [9.17, 15) is 53.7 Å². The molecule has 8 amide bonds. The fourth-order valence-corrected chi connectivity index (χ4v) is 7.70. The zero-order valence-electron chi connectivity index (χ0n) is 39.2. The van der Waals surface area contributed by atoms with Crippen LogP contribution in [0.15, 0.2) is 36.4 Å². The second-order valence-electron chi connectivity index (χ2n) is 17.1. The number of aromatic hydroxyl groups is 2. The highest BCUT2D eigenvalue weighted by molar-refractivity contribution is 5.97. The van der Waals surface area contributed by atoms with Gasteiger partial charge in [-0.3, -0.25) is 38.4 Å². The number of nitrogens with one attached hydrogen (secondary N) is 5. The van der Waals surface area contributed by atoms with E-state index >= 15 is 0 Å². The van der Waals surface area contributed by atoms with Crippen LogP contribution < -0.4 is 38.1 Å². The van der Waals surface area contributed by atoms with Crippen molar-refractivity contribution in [3.63, 3.8) is 0 Å². The predicted octanol–water partition coefficient (Wildman–Crippen LogP) is 1.23. The number of amides is 8. The largest absolute Gasteiger partial charge is 0.507 e. The summed E-state index contributed by atoms with van der Waals surface area (Å²) in [6.45, 7) is 1.54. The molecule has 12 N–H and O–H groups in total. The summed E-state index contributed by atoms with van der Waals surface area (Å²) >= 11 is 0. The second kappa shape index (κ2) is 28.0. The molecule has 20 heteroatoms. The molecule has 5 atom stereocenters. The maximum atomic E-state index is 14.0. The van der Waals surface area contributed by atoms with Crippen LogP contribution in [0.4, 0.5) is 0 Å². The number of unbranched alkanes of at least 4 members (excludes halogenated alkanes) is 12. The number of aliphatic hydroxyl groups is 1. The van der Waals surface area contributed by atoms with E-state index in [1.165, 1.54) is 109 Å². The van der Waals surface area contributed by atoms with Gasteiger partial charge in [-0.25, -0.2) is 0 Å². The lowest BCUT2D eigenvalue weighted by molar-refractivity contribution is -0.142. The summed E-state index contributed by atoms with van der Waals surface area (Å²) in [5.74, 6) is -7.02. The Morgan fingerprint density at radius 2 is 1.31 bits per heavy atom. The Morgan fingerprint density at radius 3 is 1.90 bits per heavy atom. The first-order chi connectivity index (χ1) is 31.9. The predicted molar refractivity (Wildman–Crippen MR) is 249 cm³/mol. The number of hydrogen-bond acceptors (Lipinski definition) is 12. The van der Waals surface area contributed by atoms with Gasteiger partial charge in [-0.15, -0.1) is 0 Å². The molecule has 3 rings (SSSR count). The van der Waals surface area contributed by atoms with Crippen molar-refractivity contribution in [3.8, 4) is 22.6 Å². The Bertz CT molecular complexity index is 2030. The van der Waals surface area contributed by atoms with Crippen molar-refractivity contribution in [2.24, 2.45) is 11.5 Å². The average Bonchev–Trinajstić information content (AvgIpc) is 3.29. The number of rotatable bonds is 25. The molecular weight excluding hydrogens is 867 g/mol. The zero-order chi connectivity index (χ0) is 49.6. The molecule has 67 heavy (non-hydrogen) atoms. The summed E-state index contributed by atoms with van der Waals surface area (Å²) in [4.78, 5) is 107. The number of carbonyl (C=O) groups excluding carboxylic acids is 8. The Kier molecular flexibility index (Phi) is 23.0. The van der Waals surface area contributed by atoms with E-state index in [-0.39, 0.29) is 46.9 Å².